The van der Waals surface area contributed by atoms with Crippen LogP contribution in [0.2, 0.25) is 0 Å². The number of aryl methyl sites for hydroxylation is 2. The Morgan fingerprint density at radius 1 is 1.31 bits per heavy atom. The zero-order valence-corrected chi connectivity index (χ0v) is 14.5. The normalized spacial score (nSPS) is 11.3. The average molecular weight is 355 g/mol. The standard InChI is InChI=1S/C17H17N5O4/c1-11-17(22(24)25)12(2)21(18-11)10-14-5-4-13(26-14)6-7-16(23)15-8-9-20(3)19-15/h4-9H,10H2,1-3H3/b7-6+. The third kappa shape index (κ3) is 3.46. The first-order chi connectivity index (χ1) is 12.3. The number of nitro groups is 1. The fourth-order valence-corrected chi connectivity index (χ4v) is 2.61. The fourth-order valence-electron chi connectivity index (χ4n) is 2.61. The van der Waals surface area contributed by atoms with Crippen molar-refractivity contribution >= 4 is 17.5 Å². The van der Waals surface area contributed by atoms with Crippen molar-refractivity contribution in [1.82, 2.24) is 19.6 Å². The van der Waals surface area contributed by atoms with Crippen molar-refractivity contribution in [2.75, 3.05) is 0 Å². The lowest BCUT2D eigenvalue weighted by atomic mass is 10.2. The quantitative estimate of drug-likeness (QED) is 0.291. The van der Waals surface area contributed by atoms with Gasteiger partial charge in [0.2, 0.25) is 5.78 Å². The van der Waals surface area contributed by atoms with E-state index in [0.717, 1.165) is 0 Å². The van der Waals surface area contributed by atoms with E-state index in [1.54, 1.807) is 56.0 Å². The van der Waals surface area contributed by atoms with E-state index in [4.69, 9.17) is 4.42 Å². The highest BCUT2D eigenvalue weighted by molar-refractivity contribution is 6.05. The van der Waals surface area contributed by atoms with Gasteiger partial charge in [0.1, 0.15) is 28.6 Å². The predicted octanol–water partition coefficient (Wildman–Crippen LogP) is 2.68. The first-order valence-corrected chi connectivity index (χ1v) is 7.84. The smallest absolute Gasteiger partial charge is 0.312 e. The van der Waals surface area contributed by atoms with Crippen LogP contribution in [-0.4, -0.2) is 30.3 Å². The van der Waals surface area contributed by atoms with Gasteiger partial charge in [0.05, 0.1) is 11.5 Å². The summed E-state index contributed by atoms with van der Waals surface area (Å²) in [7, 11) is 1.74. The van der Waals surface area contributed by atoms with Crippen molar-refractivity contribution in [3.05, 3.63) is 69.2 Å². The minimum absolute atomic E-state index is 0.0117. The van der Waals surface area contributed by atoms with Crippen molar-refractivity contribution in [2.24, 2.45) is 7.05 Å². The summed E-state index contributed by atoms with van der Waals surface area (Å²) < 4.78 is 8.73. The van der Waals surface area contributed by atoms with E-state index in [1.807, 2.05) is 0 Å². The molecule has 0 saturated heterocycles. The van der Waals surface area contributed by atoms with Crippen LogP contribution in [0.5, 0.6) is 0 Å². The molecule has 0 saturated carbocycles. The second-order valence-electron chi connectivity index (χ2n) is 5.81. The van der Waals surface area contributed by atoms with Crippen LogP contribution in [0.25, 0.3) is 6.08 Å². The molecule has 3 aromatic heterocycles. The van der Waals surface area contributed by atoms with Gasteiger partial charge in [-0.2, -0.15) is 10.2 Å². The van der Waals surface area contributed by atoms with Crippen LogP contribution in [0, 0.1) is 24.0 Å². The largest absolute Gasteiger partial charge is 0.460 e. The molecule has 0 aliphatic rings. The SMILES string of the molecule is Cc1nn(Cc2ccc(/C=C/C(=O)c3ccn(C)n3)o2)c(C)c1[N+](=O)[O-]. The molecule has 9 heteroatoms. The molecule has 3 rings (SSSR count). The van der Waals surface area contributed by atoms with E-state index in [-0.39, 0.29) is 18.0 Å². The molecule has 0 amide bonds. The topological polar surface area (TPSA) is 109 Å². The Kier molecular flexibility index (Phi) is 4.53. The second kappa shape index (κ2) is 6.79. The minimum Gasteiger partial charge on any atom is -0.460 e. The molecule has 0 aliphatic carbocycles. The zero-order valence-electron chi connectivity index (χ0n) is 14.5. The molecule has 9 nitrogen and oxygen atoms in total. The lowest BCUT2D eigenvalue weighted by Crippen LogP contribution is -2.03. The van der Waals surface area contributed by atoms with Gasteiger partial charge in [0.15, 0.2) is 0 Å². The second-order valence-corrected chi connectivity index (χ2v) is 5.81. The van der Waals surface area contributed by atoms with Crippen LogP contribution in [0.4, 0.5) is 5.69 Å². The number of hydrogen-bond acceptors (Lipinski definition) is 6. The highest BCUT2D eigenvalue weighted by Crippen LogP contribution is 2.23. The Hall–Kier alpha value is -3.49. The van der Waals surface area contributed by atoms with Crippen LogP contribution in [0.15, 0.2) is 34.9 Å². The van der Waals surface area contributed by atoms with Crippen LogP contribution in [0.3, 0.4) is 0 Å². The van der Waals surface area contributed by atoms with Crippen molar-refractivity contribution < 1.29 is 14.1 Å². The van der Waals surface area contributed by atoms with E-state index >= 15 is 0 Å². The van der Waals surface area contributed by atoms with Gasteiger partial charge in [-0.05, 0) is 44.2 Å². The summed E-state index contributed by atoms with van der Waals surface area (Å²) in [5.74, 6) is 0.855. The Morgan fingerprint density at radius 2 is 2.08 bits per heavy atom. The third-order valence-electron chi connectivity index (χ3n) is 3.88. The number of nitrogens with zero attached hydrogens (tertiary/aromatic N) is 5. The molecule has 0 aliphatic heterocycles. The van der Waals surface area contributed by atoms with Crippen molar-refractivity contribution in [3.63, 3.8) is 0 Å². The molecule has 134 valence electrons. The van der Waals surface area contributed by atoms with Gasteiger partial charge in [-0.1, -0.05) is 0 Å². The molecule has 3 aromatic rings. The van der Waals surface area contributed by atoms with Gasteiger partial charge < -0.3 is 4.42 Å². The molecule has 0 fully saturated rings. The third-order valence-corrected chi connectivity index (χ3v) is 3.88. The van der Waals surface area contributed by atoms with Crippen molar-refractivity contribution in [3.8, 4) is 0 Å². The molecule has 0 spiro atoms. The van der Waals surface area contributed by atoms with Crippen LogP contribution < -0.4 is 0 Å². The van der Waals surface area contributed by atoms with Gasteiger partial charge >= 0.3 is 5.69 Å². The first-order valence-electron chi connectivity index (χ1n) is 7.84. The number of hydrogen-bond donors (Lipinski definition) is 0. The Labute approximate surface area is 148 Å². The van der Waals surface area contributed by atoms with Crippen molar-refractivity contribution in [2.45, 2.75) is 20.4 Å². The molecular formula is C17H17N5O4. The number of allylic oxidation sites excluding steroid dienone is 1. The molecule has 3 heterocycles. The van der Waals surface area contributed by atoms with E-state index in [9.17, 15) is 14.9 Å². The number of furan rings is 1. The molecule has 0 unspecified atom stereocenters. The van der Waals surface area contributed by atoms with E-state index < -0.39 is 4.92 Å². The van der Waals surface area contributed by atoms with E-state index in [1.165, 1.54) is 10.8 Å². The zero-order chi connectivity index (χ0) is 18.8. The average Bonchev–Trinajstić information content (AvgIpc) is 3.26. The summed E-state index contributed by atoms with van der Waals surface area (Å²) in [5, 5.41) is 19.3. The Bertz CT molecular complexity index is 1010. The van der Waals surface area contributed by atoms with Crippen LogP contribution >= 0.6 is 0 Å². The summed E-state index contributed by atoms with van der Waals surface area (Å²) in [6.45, 7) is 3.51. The summed E-state index contributed by atoms with van der Waals surface area (Å²) in [4.78, 5) is 22.6. The van der Waals surface area contributed by atoms with Gasteiger partial charge in [-0.25, -0.2) is 0 Å². The summed E-state index contributed by atoms with van der Waals surface area (Å²) in [6, 6.07) is 5.10. The molecule has 0 radical (unpaired) electrons. The van der Waals surface area contributed by atoms with E-state index in [2.05, 4.69) is 10.2 Å². The molecule has 0 atom stereocenters. The van der Waals surface area contributed by atoms with E-state index in [0.29, 0.717) is 28.6 Å². The summed E-state index contributed by atoms with van der Waals surface area (Å²) in [6.07, 6.45) is 4.64. The minimum atomic E-state index is -0.437. The van der Waals surface area contributed by atoms with Crippen LogP contribution in [-0.2, 0) is 13.6 Å². The number of aromatic nitrogens is 4. The predicted molar refractivity (Wildman–Crippen MR) is 92.7 cm³/mol. The molecule has 0 bridgehead atoms. The number of carbonyl (C=O) groups is 1. The first kappa shape index (κ1) is 17.3. The molecule has 0 aromatic carbocycles. The highest BCUT2D eigenvalue weighted by Gasteiger charge is 2.22. The fraction of sp³-hybridized carbons (Fsp3) is 0.235. The van der Waals surface area contributed by atoms with Gasteiger partial charge in [-0.3, -0.25) is 24.3 Å². The Morgan fingerprint density at radius 3 is 2.69 bits per heavy atom. The summed E-state index contributed by atoms with van der Waals surface area (Å²) >= 11 is 0. The number of rotatable bonds is 6. The lowest BCUT2D eigenvalue weighted by molar-refractivity contribution is -0.386. The van der Waals surface area contributed by atoms with Crippen LogP contribution in [0.1, 0.15) is 33.4 Å². The maximum absolute atomic E-state index is 12.0. The van der Waals surface area contributed by atoms with Crippen molar-refractivity contribution in [1.29, 1.82) is 0 Å². The molecule has 26 heavy (non-hydrogen) atoms. The lowest BCUT2D eigenvalue weighted by Gasteiger charge is -2.00. The maximum atomic E-state index is 12.0. The monoisotopic (exact) mass is 355 g/mol. The maximum Gasteiger partial charge on any atom is 0.312 e. The Balaban J connectivity index is 1.72. The molecule has 0 N–H and O–H groups in total. The number of carbonyl (C=O) groups excluding carboxylic acids is 1. The highest BCUT2D eigenvalue weighted by atomic mass is 16.6. The number of ketones is 1. The summed E-state index contributed by atoms with van der Waals surface area (Å²) in [5.41, 5.74) is 1.19. The van der Waals surface area contributed by atoms with Gasteiger partial charge in [0.25, 0.3) is 0 Å². The molecular weight excluding hydrogens is 338 g/mol. The van der Waals surface area contributed by atoms with Gasteiger partial charge in [0, 0.05) is 13.2 Å². The van der Waals surface area contributed by atoms with Gasteiger partial charge in [-0.15, -0.1) is 0 Å².